The first kappa shape index (κ1) is 22.4. The van der Waals surface area contributed by atoms with Crippen LogP contribution in [0.15, 0.2) is 36.7 Å². The molecule has 2 aliphatic carbocycles. The Bertz CT molecular complexity index is 984. The van der Waals surface area contributed by atoms with Crippen molar-refractivity contribution >= 4 is 5.91 Å². The average Bonchev–Trinajstić information content (AvgIpc) is 3.10. The second kappa shape index (κ2) is 8.78. The van der Waals surface area contributed by atoms with Gasteiger partial charge in [-0.2, -0.15) is 18.3 Å². The zero-order valence-electron chi connectivity index (χ0n) is 18.9. The molecule has 5 nitrogen and oxygen atoms in total. The highest BCUT2D eigenvalue weighted by Gasteiger charge is 2.59. The molecule has 1 unspecified atom stereocenters. The number of hydrogen-bond donors (Lipinski definition) is 1. The summed E-state index contributed by atoms with van der Waals surface area (Å²) in [6.45, 7) is 2.37. The summed E-state index contributed by atoms with van der Waals surface area (Å²) in [4.78, 5) is 15.2. The van der Waals surface area contributed by atoms with Crippen molar-refractivity contribution in [1.29, 1.82) is 0 Å². The number of alkyl halides is 3. The van der Waals surface area contributed by atoms with E-state index in [1.54, 1.807) is 6.07 Å². The molecule has 0 spiro atoms. The Hall–Kier alpha value is -2.35. The molecule has 1 N–H and O–H groups in total. The van der Waals surface area contributed by atoms with Crippen LogP contribution in [0.3, 0.4) is 0 Å². The molecule has 2 saturated carbocycles. The Balaban J connectivity index is 1.04. The van der Waals surface area contributed by atoms with Gasteiger partial charge in [-0.1, -0.05) is 18.2 Å². The van der Waals surface area contributed by atoms with Crippen molar-refractivity contribution in [2.75, 3.05) is 19.6 Å². The van der Waals surface area contributed by atoms with Gasteiger partial charge in [-0.25, -0.2) is 0 Å². The van der Waals surface area contributed by atoms with E-state index >= 15 is 0 Å². The largest absolute Gasteiger partial charge is 0.416 e. The Morgan fingerprint density at radius 3 is 2.52 bits per heavy atom. The molecule has 1 saturated heterocycles. The molecule has 1 aliphatic heterocycles. The Morgan fingerprint density at radius 1 is 1.15 bits per heavy atom. The third-order valence-electron chi connectivity index (χ3n) is 7.90. The van der Waals surface area contributed by atoms with E-state index in [9.17, 15) is 18.0 Å². The van der Waals surface area contributed by atoms with Gasteiger partial charge in [0, 0.05) is 44.8 Å². The number of likely N-dealkylation sites (tertiary alicyclic amines) is 1. The third kappa shape index (κ3) is 4.81. The molecule has 5 rings (SSSR count). The van der Waals surface area contributed by atoms with Crippen molar-refractivity contribution in [3.63, 3.8) is 0 Å². The van der Waals surface area contributed by atoms with Crippen molar-refractivity contribution in [2.24, 2.45) is 24.8 Å². The first-order valence-corrected chi connectivity index (χ1v) is 12.0. The van der Waals surface area contributed by atoms with Crippen LogP contribution < -0.4 is 5.32 Å². The summed E-state index contributed by atoms with van der Waals surface area (Å²) in [6, 6.07) is 5.96. The molecule has 0 bridgehead atoms. The van der Waals surface area contributed by atoms with Crippen molar-refractivity contribution < 1.29 is 18.0 Å². The van der Waals surface area contributed by atoms with E-state index in [-0.39, 0.29) is 11.8 Å². The van der Waals surface area contributed by atoms with E-state index in [4.69, 9.17) is 0 Å². The zero-order valence-corrected chi connectivity index (χ0v) is 18.9. The number of halogens is 3. The van der Waals surface area contributed by atoms with Crippen LogP contribution in [0.2, 0.25) is 0 Å². The third-order valence-corrected chi connectivity index (χ3v) is 7.90. The van der Waals surface area contributed by atoms with E-state index in [1.807, 2.05) is 17.9 Å². The van der Waals surface area contributed by atoms with Crippen LogP contribution in [-0.4, -0.2) is 46.3 Å². The van der Waals surface area contributed by atoms with Crippen molar-refractivity contribution in [3.05, 3.63) is 53.3 Å². The van der Waals surface area contributed by atoms with E-state index in [2.05, 4.69) is 21.5 Å². The predicted molar refractivity (Wildman–Crippen MR) is 118 cm³/mol. The number of piperidine rings is 1. The lowest BCUT2D eigenvalue weighted by Gasteiger charge is -2.35. The molecule has 3 aliphatic rings. The number of amides is 1. The summed E-state index contributed by atoms with van der Waals surface area (Å²) in [6.07, 6.45) is 4.99. The van der Waals surface area contributed by atoms with E-state index in [0.717, 1.165) is 19.2 Å². The van der Waals surface area contributed by atoms with Gasteiger partial charge in [-0.05, 0) is 67.1 Å². The lowest BCUT2D eigenvalue weighted by Crippen LogP contribution is -2.39. The highest BCUT2D eigenvalue weighted by Crippen LogP contribution is 2.53. The van der Waals surface area contributed by atoms with E-state index < -0.39 is 11.7 Å². The van der Waals surface area contributed by atoms with Gasteiger partial charge in [0.1, 0.15) is 0 Å². The fourth-order valence-corrected chi connectivity index (χ4v) is 6.02. The average molecular weight is 461 g/mol. The minimum absolute atomic E-state index is 0.0666. The van der Waals surface area contributed by atoms with Gasteiger partial charge in [0.05, 0.1) is 11.8 Å². The Labute approximate surface area is 192 Å². The number of carbonyl (C=O) groups is 1. The molecule has 0 radical (unpaired) electrons. The van der Waals surface area contributed by atoms with E-state index in [1.165, 1.54) is 43.4 Å². The number of carbonyl (C=O) groups excluding carboxylic acids is 1. The maximum atomic E-state index is 12.9. The highest BCUT2D eigenvalue weighted by molar-refractivity contribution is 5.82. The van der Waals surface area contributed by atoms with Gasteiger partial charge >= 0.3 is 6.18 Å². The molecule has 3 fully saturated rings. The fourth-order valence-electron chi connectivity index (χ4n) is 6.02. The number of hydrogen-bond acceptors (Lipinski definition) is 3. The van der Waals surface area contributed by atoms with Crippen LogP contribution in [0.5, 0.6) is 0 Å². The molecule has 1 aromatic heterocycles. The fraction of sp³-hybridized carbons (Fsp3) is 0.600. The molecule has 33 heavy (non-hydrogen) atoms. The monoisotopic (exact) mass is 460 g/mol. The number of aryl methyl sites for hydroxylation is 1. The van der Waals surface area contributed by atoms with Gasteiger partial charge in [-0.3, -0.25) is 14.4 Å². The number of nitrogens with zero attached hydrogens (tertiary/aromatic N) is 3. The standard InChI is InChI=1S/C25H31F3N4O/c1-31-13-18(12-30-31)17-5-7-20(8-6-17)32-14-21-22(15-32)23(21)24(33)29-10-9-16-3-2-4-19(11-16)25(26,27)28/h2-4,11-13,17,20-23H,5-10,14-15H2,1H3,(H,29,33)/t17?,20?,21-,22+,23?. The Morgan fingerprint density at radius 2 is 1.88 bits per heavy atom. The minimum Gasteiger partial charge on any atom is -0.356 e. The molecule has 178 valence electrons. The molecule has 1 amide bonds. The number of aromatic nitrogens is 2. The van der Waals surface area contributed by atoms with Gasteiger partial charge in [0.2, 0.25) is 5.91 Å². The van der Waals surface area contributed by atoms with E-state index in [0.29, 0.717) is 42.3 Å². The van der Waals surface area contributed by atoms with Gasteiger partial charge in [0.25, 0.3) is 0 Å². The van der Waals surface area contributed by atoms with Crippen LogP contribution in [0, 0.1) is 17.8 Å². The summed E-state index contributed by atoms with van der Waals surface area (Å²) in [5.74, 6) is 1.64. The van der Waals surface area contributed by atoms with Crippen LogP contribution in [0.1, 0.15) is 48.3 Å². The Kier molecular flexibility index (Phi) is 5.97. The zero-order chi connectivity index (χ0) is 23.2. The first-order valence-electron chi connectivity index (χ1n) is 12.0. The second-order valence-corrected chi connectivity index (χ2v) is 10.00. The molecule has 8 heteroatoms. The molecule has 1 aromatic carbocycles. The highest BCUT2D eigenvalue weighted by atomic mass is 19.4. The number of rotatable bonds is 6. The smallest absolute Gasteiger partial charge is 0.356 e. The molecule has 2 heterocycles. The van der Waals surface area contributed by atoms with Gasteiger partial charge in [-0.15, -0.1) is 0 Å². The number of fused-ring (bicyclic) bond motifs is 1. The van der Waals surface area contributed by atoms with Crippen LogP contribution >= 0.6 is 0 Å². The number of nitrogens with one attached hydrogen (secondary N) is 1. The summed E-state index contributed by atoms with van der Waals surface area (Å²) < 4.78 is 40.4. The normalized spacial score (nSPS) is 29.6. The number of benzene rings is 1. The molecule has 2 aromatic rings. The topological polar surface area (TPSA) is 50.2 Å². The van der Waals surface area contributed by atoms with Crippen molar-refractivity contribution in [3.8, 4) is 0 Å². The predicted octanol–water partition coefficient (Wildman–Crippen LogP) is 4.00. The molecular weight excluding hydrogens is 429 g/mol. The quantitative estimate of drug-likeness (QED) is 0.709. The molecular formula is C25H31F3N4O. The maximum Gasteiger partial charge on any atom is 0.416 e. The lowest BCUT2D eigenvalue weighted by atomic mass is 9.82. The maximum absolute atomic E-state index is 12.9. The summed E-state index contributed by atoms with van der Waals surface area (Å²) >= 11 is 0. The molecule has 3 atom stereocenters. The lowest BCUT2D eigenvalue weighted by molar-refractivity contribution is -0.137. The van der Waals surface area contributed by atoms with Gasteiger partial charge < -0.3 is 5.32 Å². The second-order valence-electron chi connectivity index (χ2n) is 10.00. The van der Waals surface area contributed by atoms with Crippen molar-refractivity contribution in [2.45, 2.75) is 50.2 Å². The van der Waals surface area contributed by atoms with Gasteiger partial charge in [0.15, 0.2) is 0 Å². The minimum atomic E-state index is -4.34. The van der Waals surface area contributed by atoms with Crippen LogP contribution in [-0.2, 0) is 24.4 Å². The summed E-state index contributed by atoms with van der Waals surface area (Å²) in [5.41, 5.74) is 1.30. The van der Waals surface area contributed by atoms with Crippen molar-refractivity contribution in [1.82, 2.24) is 20.0 Å². The SMILES string of the molecule is Cn1cc(C2CCC(N3C[C@@H]4C(C(=O)NCCc5cccc(C(F)(F)F)c5)[C@@H]4C3)CC2)cn1. The summed E-state index contributed by atoms with van der Waals surface area (Å²) in [7, 11) is 1.96. The first-order chi connectivity index (χ1) is 15.8. The summed E-state index contributed by atoms with van der Waals surface area (Å²) in [5, 5.41) is 7.26. The van der Waals surface area contributed by atoms with Crippen LogP contribution in [0.25, 0.3) is 0 Å². The van der Waals surface area contributed by atoms with Crippen LogP contribution in [0.4, 0.5) is 13.2 Å².